The smallest absolute Gasteiger partial charge is 0.268 e. The molecule has 1 aliphatic rings. The maximum absolute atomic E-state index is 13.9. The molecule has 1 N–H and O–H groups in total. The Hall–Kier alpha value is -4.97. The van der Waals surface area contributed by atoms with Crippen molar-refractivity contribution < 1.29 is 9.59 Å². The number of nitrogens with one attached hydrogen (secondary N) is 1. The Kier molecular flexibility index (Phi) is 6.51. The second-order valence-electron chi connectivity index (χ2n) is 9.75. The molecule has 192 valence electrons. The van der Waals surface area contributed by atoms with Crippen LogP contribution in [0.4, 0.5) is 5.69 Å². The number of rotatable bonds is 5. The SMILES string of the molecule is Cc1ccccc1-c1ccc(C(=O)N2Cc3ccc(C(=O)NCc4ccncc4)n3Cc3ccccc32)cc1. The highest BCUT2D eigenvalue weighted by molar-refractivity contribution is 6.07. The summed E-state index contributed by atoms with van der Waals surface area (Å²) in [4.78, 5) is 32.9. The maximum atomic E-state index is 13.9. The summed E-state index contributed by atoms with van der Waals surface area (Å²) >= 11 is 0. The minimum absolute atomic E-state index is 0.0721. The fraction of sp³-hybridized carbons (Fsp3) is 0.121. The van der Waals surface area contributed by atoms with Crippen molar-refractivity contribution in [2.45, 2.75) is 26.6 Å². The van der Waals surface area contributed by atoms with Gasteiger partial charge < -0.3 is 14.8 Å². The molecule has 2 amide bonds. The third-order valence-corrected chi connectivity index (χ3v) is 7.27. The Morgan fingerprint density at radius 2 is 1.56 bits per heavy atom. The summed E-state index contributed by atoms with van der Waals surface area (Å²) in [5.74, 6) is -0.223. The number of aromatic nitrogens is 2. The Morgan fingerprint density at radius 3 is 2.36 bits per heavy atom. The van der Waals surface area contributed by atoms with E-state index in [0.717, 1.165) is 33.6 Å². The van der Waals surface area contributed by atoms with Crippen LogP contribution in [0.5, 0.6) is 0 Å². The van der Waals surface area contributed by atoms with E-state index >= 15 is 0 Å². The van der Waals surface area contributed by atoms with Crippen LogP contribution in [0.2, 0.25) is 0 Å². The molecule has 0 atom stereocenters. The van der Waals surface area contributed by atoms with E-state index in [1.807, 2.05) is 94.4 Å². The first kappa shape index (κ1) is 24.4. The van der Waals surface area contributed by atoms with Crippen molar-refractivity contribution in [1.29, 1.82) is 0 Å². The number of pyridine rings is 1. The molecule has 1 aliphatic heterocycles. The molecule has 0 aliphatic carbocycles. The average Bonchev–Trinajstić information content (AvgIpc) is 3.29. The lowest BCUT2D eigenvalue weighted by Gasteiger charge is -2.23. The van der Waals surface area contributed by atoms with Crippen LogP contribution in [0, 0.1) is 6.92 Å². The van der Waals surface area contributed by atoms with Crippen LogP contribution < -0.4 is 10.2 Å². The summed E-state index contributed by atoms with van der Waals surface area (Å²) in [5, 5.41) is 3.01. The number of benzene rings is 3. The molecule has 0 bridgehead atoms. The molecule has 3 aromatic carbocycles. The van der Waals surface area contributed by atoms with E-state index in [-0.39, 0.29) is 11.8 Å². The Balaban J connectivity index is 1.28. The van der Waals surface area contributed by atoms with Gasteiger partial charge in [-0.05, 0) is 77.2 Å². The monoisotopic (exact) mass is 512 g/mol. The zero-order chi connectivity index (χ0) is 26.8. The van der Waals surface area contributed by atoms with Crippen molar-refractivity contribution in [3.05, 3.63) is 143 Å². The maximum Gasteiger partial charge on any atom is 0.268 e. The molecule has 3 heterocycles. The zero-order valence-electron chi connectivity index (χ0n) is 21.7. The summed E-state index contributed by atoms with van der Waals surface area (Å²) in [5.41, 5.74) is 8.36. The normalized spacial score (nSPS) is 12.3. The molecule has 2 aromatic heterocycles. The first-order valence-corrected chi connectivity index (χ1v) is 13.0. The summed E-state index contributed by atoms with van der Waals surface area (Å²) in [7, 11) is 0. The van der Waals surface area contributed by atoms with E-state index in [4.69, 9.17) is 0 Å². The van der Waals surface area contributed by atoms with Gasteiger partial charge in [-0.1, -0.05) is 54.6 Å². The van der Waals surface area contributed by atoms with Gasteiger partial charge in [-0.25, -0.2) is 0 Å². The lowest BCUT2D eigenvalue weighted by atomic mass is 9.99. The molecule has 6 heteroatoms. The quantitative estimate of drug-likeness (QED) is 0.314. The average molecular weight is 513 g/mol. The molecule has 6 nitrogen and oxygen atoms in total. The molecule has 5 aromatic rings. The van der Waals surface area contributed by atoms with E-state index < -0.39 is 0 Å². The number of carbonyl (C=O) groups excluding carboxylic acids is 2. The lowest BCUT2D eigenvalue weighted by Crippen LogP contribution is -2.30. The van der Waals surface area contributed by atoms with Crippen LogP contribution in [0.15, 0.2) is 109 Å². The van der Waals surface area contributed by atoms with Gasteiger partial charge in [-0.15, -0.1) is 0 Å². The molecule has 0 unspecified atom stereocenters. The van der Waals surface area contributed by atoms with Crippen molar-refractivity contribution in [3.8, 4) is 11.1 Å². The van der Waals surface area contributed by atoms with Gasteiger partial charge in [-0.3, -0.25) is 14.6 Å². The summed E-state index contributed by atoms with van der Waals surface area (Å²) in [6, 6.07) is 31.5. The van der Waals surface area contributed by atoms with Crippen molar-refractivity contribution in [2.24, 2.45) is 0 Å². The van der Waals surface area contributed by atoms with E-state index in [9.17, 15) is 9.59 Å². The van der Waals surface area contributed by atoms with Crippen LogP contribution >= 0.6 is 0 Å². The van der Waals surface area contributed by atoms with Gasteiger partial charge in [-0.2, -0.15) is 0 Å². The number of anilines is 1. The van der Waals surface area contributed by atoms with Gasteiger partial charge in [0.2, 0.25) is 0 Å². The van der Waals surface area contributed by atoms with Gasteiger partial charge in [0.25, 0.3) is 11.8 Å². The first-order chi connectivity index (χ1) is 19.1. The molecule has 6 rings (SSSR count). The summed E-state index contributed by atoms with van der Waals surface area (Å²) < 4.78 is 2.01. The highest BCUT2D eigenvalue weighted by Gasteiger charge is 2.27. The van der Waals surface area contributed by atoms with E-state index in [1.165, 1.54) is 5.56 Å². The summed E-state index contributed by atoms with van der Waals surface area (Å²) in [6.07, 6.45) is 3.42. The number of nitrogens with zero attached hydrogens (tertiary/aromatic N) is 3. The third kappa shape index (κ3) is 4.84. The molecule has 0 fully saturated rings. The molecule has 0 radical (unpaired) electrons. The van der Waals surface area contributed by atoms with Gasteiger partial charge in [0.15, 0.2) is 0 Å². The second-order valence-corrected chi connectivity index (χ2v) is 9.75. The van der Waals surface area contributed by atoms with Crippen molar-refractivity contribution in [2.75, 3.05) is 4.90 Å². The minimum Gasteiger partial charge on any atom is -0.347 e. The number of amides is 2. The lowest BCUT2D eigenvalue weighted by molar-refractivity contribution is 0.0941. The first-order valence-electron chi connectivity index (χ1n) is 13.0. The zero-order valence-corrected chi connectivity index (χ0v) is 21.7. The fourth-order valence-corrected chi connectivity index (χ4v) is 5.16. The van der Waals surface area contributed by atoms with Gasteiger partial charge >= 0.3 is 0 Å². The van der Waals surface area contributed by atoms with Crippen molar-refractivity contribution in [1.82, 2.24) is 14.9 Å². The Morgan fingerprint density at radius 1 is 0.821 bits per heavy atom. The number of aryl methyl sites for hydroxylation is 1. The van der Waals surface area contributed by atoms with Gasteiger partial charge in [0, 0.05) is 35.9 Å². The molecular formula is C33H28N4O2. The van der Waals surface area contributed by atoms with Crippen molar-refractivity contribution >= 4 is 17.5 Å². The highest BCUT2D eigenvalue weighted by Crippen LogP contribution is 2.31. The molecule has 0 saturated heterocycles. The predicted molar refractivity (Wildman–Crippen MR) is 153 cm³/mol. The third-order valence-electron chi connectivity index (χ3n) is 7.27. The van der Waals surface area contributed by atoms with Crippen LogP contribution in [-0.4, -0.2) is 21.4 Å². The minimum atomic E-state index is -0.151. The number of fused-ring (bicyclic) bond motifs is 2. The van der Waals surface area contributed by atoms with Gasteiger partial charge in [0.05, 0.1) is 13.1 Å². The topological polar surface area (TPSA) is 67.2 Å². The fourth-order valence-electron chi connectivity index (χ4n) is 5.16. The number of carbonyl (C=O) groups is 2. The molecule has 0 spiro atoms. The van der Waals surface area contributed by atoms with Crippen LogP contribution in [-0.2, 0) is 19.6 Å². The highest BCUT2D eigenvalue weighted by atomic mass is 16.2. The number of hydrogen-bond donors (Lipinski definition) is 1. The number of para-hydroxylation sites is 1. The molecule has 0 saturated carbocycles. The van der Waals surface area contributed by atoms with Crippen molar-refractivity contribution in [3.63, 3.8) is 0 Å². The molecular weight excluding hydrogens is 484 g/mol. The van der Waals surface area contributed by atoms with Crippen LogP contribution in [0.1, 0.15) is 43.2 Å². The van der Waals surface area contributed by atoms with Crippen LogP contribution in [0.3, 0.4) is 0 Å². The Labute approximate surface area is 227 Å². The van der Waals surface area contributed by atoms with E-state index in [0.29, 0.717) is 30.9 Å². The largest absolute Gasteiger partial charge is 0.347 e. The van der Waals surface area contributed by atoms with Gasteiger partial charge in [0.1, 0.15) is 5.69 Å². The second kappa shape index (κ2) is 10.4. The van der Waals surface area contributed by atoms with Crippen LogP contribution in [0.25, 0.3) is 11.1 Å². The standard InChI is InChI=1S/C33H28N4O2/c1-23-6-2-4-8-29(23)25-10-12-26(13-11-25)33(39)37-22-28-14-15-31(32(38)35-20-24-16-18-34-19-17-24)36(28)21-27-7-3-5-9-30(27)37/h2-19H,20-22H2,1H3,(H,35,38). The number of hydrogen-bond acceptors (Lipinski definition) is 3. The summed E-state index contributed by atoms with van der Waals surface area (Å²) in [6.45, 7) is 3.38. The Bertz CT molecular complexity index is 1660. The predicted octanol–water partition coefficient (Wildman–Crippen LogP) is 6.00. The van der Waals surface area contributed by atoms with E-state index in [2.05, 4.69) is 29.4 Å². The molecule has 39 heavy (non-hydrogen) atoms. The van der Waals surface area contributed by atoms with E-state index in [1.54, 1.807) is 12.4 Å².